The Morgan fingerprint density at radius 1 is 1.13 bits per heavy atom. The fourth-order valence-electron chi connectivity index (χ4n) is 7.40. The van der Waals surface area contributed by atoms with Crippen molar-refractivity contribution in [1.82, 2.24) is 5.43 Å². The Labute approximate surface area is 187 Å². The summed E-state index contributed by atoms with van der Waals surface area (Å²) in [5, 5.41) is 4.31. The number of rotatable bonds is 9. The number of amides is 1. The second-order valence-corrected chi connectivity index (χ2v) is 11.1. The van der Waals surface area contributed by atoms with E-state index in [1.54, 1.807) is 13.3 Å². The zero-order chi connectivity index (χ0) is 22.1. The van der Waals surface area contributed by atoms with Crippen molar-refractivity contribution >= 4 is 12.1 Å². The van der Waals surface area contributed by atoms with Crippen molar-refractivity contribution in [3.63, 3.8) is 0 Å². The van der Waals surface area contributed by atoms with Crippen molar-refractivity contribution in [2.45, 2.75) is 78.6 Å². The molecule has 4 aliphatic carbocycles. The summed E-state index contributed by atoms with van der Waals surface area (Å²) in [4.78, 5) is 13.3. The highest BCUT2D eigenvalue weighted by atomic mass is 16.5. The number of benzene rings is 1. The highest BCUT2D eigenvalue weighted by Gasteiger charge is 2.62. The lowest BCUT2D eigenvalue weighted by molar-refractivity contribution is -0.170. The summed E-state index contributed by atoms with van der Waals surface area (Å²) in [6, 6.07) is 5.76. The SMILES string of the molecule is CCCCCOc1ccc(/C=N/NC(=O)C23CC4CC(C)(CC(C)(C4)C2)C3)cc1OC. The van der Waals surface area contributed by atoms with Gasteiger partial charge in [0.15, 0.2) is 11.5 Å². The van der Waals surface area contributed by atoms with Crippen LogP contribution in [-0.4, -0.2) is 25.8 Å². The number of hydrogen-bond acceptors (Lipinski definition) is 4. The average Bonchev–Trinajstić information content (AvgIpc) is 2.69. The molecule has 4 aliphatic rings. The van der Waals surface area contributed by atoms with Gasteiger partial charge in [-0.15, -0.1) is 0 Å². The molecular formula is C26H38N2O3. The second kappa shape index (κ2) is 8.48. The smallest absolute Gasteiger partial charge is 0.246 e. The van der Waals surface area contributed by atoms with Crippen LogP contribution in [0.5, 0.6) is 11.5 Å². The topological polar surface area (TPSA) is 59.9 Å². The molecule has 4 fully saturated rings. The standard InChI is InChI=1S/C26H38N2O3/c1-5-6-7-10-31-21-9-8-19(11-22(21)30-4)15-27-28-23(29)26-14-20-12-24(2,17-26)16-25(3,13-20)18-26/h8-9,11,15,20H,5-7,10,12-14,16-18H2,1-4H3,(H,28,29)/b27-15+. The maximum Gasteiger partial charge on any atom is 0.246 e. The maximum absolute atomic E-state index is 13.3. The molecule has 4 saturated carbocycles. The molecule has 1 amide bonds. The van der Waals surface area contributed by atoms with Gasteiger partial charge in [-0.2, -0.15) is 5.10 Å². The van der Waals surface area contributed by atoms with E-state index < -0.39 is 0 Å². The summed E-state index contributed by atoms with van der Waals surface area (Å²) in [5.41, 5.74) is 4.15. The Hall–Kier alpha value is -2.04. The summed E-state index contributed by atoms with van der Waals surface area (Å²) < 4.78 is 11.3. The zero-order valence-corrected chi connectivity index (χ0v) is 19.6. The first-order chi connectivity index (χ1) is 14.8. The molecular weight excluding hydrogens is 388 g/mol. The summed E-state index contributed by atoms with van der Waals surface area (Å²) in [7, 11) is 1.64. The van der Waals surface area contributed by atoms with Crippen molar-refractivity contribution < 1.29 is 14.3 Å². The van der Waals surface area contributed by atoms with Gasteiger partial charge < -0.3 is 9.47 Å². The van der Waals surface area contributed by atoms with Gasteiger partial charge in [-0.1, -0.05) is 33.6 Å². The van der Waals surface area contributed by atoms with Gasteiger partial charge in [0.1, 0.15) is 0 Å². The molecule has 1 aromatic rings. The predicted octanol–water partition coefficient (Wildman–Crippen LogP) is 5.71. The minimum Gasteiger partial charge on any atom is -0.493 e. The van der Waals surface area contributed by atoms with E-state index >= 15 is 0 Å². The van der Waals surface area contributed by atoms with Crippen LogP contribution in [0.4, 0.5) is 0 Å². The number of hydrogen-bond donors (Lipinski definition) is 1. The Bertz CT molecular complexity index is 831. The normalized spacial score (nSPS) is 33.6. The summed E-state index contributed by atoms with van der Waals surface area (Å²) >= 11 is 0. The van der Waals surface area contributed by atoms with Gasteiger partial charge >= 0.3 is 0 Å². The van der Waals surface area contributed by atoms with E-state index in [0.717, 1.165) is 43.4 Å². The first-order valence-corrected chi connectivity index (χ1v) is 11.9. The van der Waals surface area contributed by atoms with Gasteiger partial charge in [0.25, 0.3) is 0 Å². The number of nitrogens with zero attached hydrogens (tertiary/aromatic N) is 1. The average molecular weight is 427 g/mol. The minimum atomic E-state index is -0.242. The Kier molecular flexibility index (Phi) is 6.06. The van der Waals surface area contributed by atoms with Crippen LogP contribution in [0.25, 0.3) is 0 Å². The molecule has 0 heterocycles. The van der Waals surface area contributed by atoms with Crippen LogP contribution in [0.2, 0.25) is 0 Å². The molecule has 5 rings (SSSR count). The molecule has 0 aliphatic heterocycles. The van der Waals surface area contributed by atoms with Crippen LogP contribution in [0.3, 0.4) is 0 Å². The molecule has 2 unspecified atom stereocenters. The Morgan fingerprint density at radius 3 is 2.52 bits per heavy atom. The van der Waals surface area contributed by atoms with Gasteiger partial charge in [0, 0.05) is 0 Å². The van der Waals surface area contributed by atoms with Crippen LogP contribution in [0.1, 0.15) is 84.1 Å². The minimum absolute atomic E-state index is 0.105. The third-order valence-corrected chi connectivity index (χ3v) is 7.68. The molecule has 0 radical (unpaired) electrons. The first kappa shape index (κ1) is 22.2. The number of ether oxygens (including phenoxy) is 2. The Balaban J connectivity index is 1.39. The van der Waals surface area contributed by atoms with E-state index in [4.69, 9.17) is 9.47 Å². The molecule has 31 heavy (non-hydrogen) atoms. The van der Waals surface area contributed by atoms with E-state index in [0.29, 0.717) is 29.1 Å². The van der Waals surface area contributed by atoms with E-state index in [-0.39, 0.29) is 11.3 Å². The molecule has 5 nitrogen and oxygen atoms in total. The fourth-order valence-corrected chi connectivity index (χ4v) is 7.40. The zero-order valence-electron chi connectivity index (χ0n) is 19.6. The molecule has 2 atom stereocenters. The fraction of sp³-hybridized carbons (Fsp3) is 0.692. The molecule has 0 spiro atoms. The monoisotopic (exact) mass is 426 g/mol. The first-order valence-electron chi connectivity index (χ1n) is 11.9. The van der Waals surface area contributed by atoms with Gasteiger partial charge in [0.2, 0.25) is 5.91 Å². The van der Waals surface area contributed by atoms with Gasteiger partial charge in [-0.05, 0) is 85.5 Å². The third-order valence-electron chi connectivity index (χ3n) is 7.68. The lowest BCUT2D eigenvalue weighted by Gasteiger charge is -2.64. The number of methoxy groups -OCH3 is 1. The van der Waals surface area contributed by atoms with Gasteiger partial charge in [-0.3, -0.25) is 4.79 Å². The Morgan fingerprint density at radius 2 is 1.87 bits per heavy atom. The quantitative estimate of drug-likeness (QED) is 0.312. The van der Waals surface area contributed by atoms with Crippen molar-refractivity contribution in [3.05, 3.63) is 23.8 Å². The maximum atomic E-state index is 13.3. The molecule has 4 bridgehead atoms. The van der Waals surface area contributed by atoms with Crippen LogP contribution in [-0.2, 0) is 4.79 Å². The van der Waals surface area contributed by atoms with E-state index in [1.165, 1.54) is 25.7 Å². The van der Waals surface area contributed by atoms with E-state index in [1.807, 2.05) is 18.2 Å². The summed E-state index contributed by atoms with van der Waals surface area (Å²) in [5.74, 6) is 2.23. The number of nitrogens with one attached hydrogen (secondary N) is 1. The molecule has 0 aromatic heterocycles. The van der Waals surface area contributed by atoms with Crippen LogP contribution < -0.4 is 14.9 Å². The van der Waals surface area contributed by atoms with Crippen LogP contribution in [0.15, 0.2) is 23.3 Å². The highest BCUT2D eigenvalue weighted by molar-refractivity contribution is 5.86. The van der Waals surface area contributed by atoms with Crippen molar-refractivity contribution in [2.24, 2.45) is 27.3 Å². The van der Waals surface area contributed by atoms with Crippen molar-refractivity contribution in [3.8, 4) is 11.5 Å². The van der Waals surface area contributed by atoms with E-state index in [2.05, 4.69) is 31.3 Å². The lowest BCUT2D eigenvalue weighted by Crippen LogP contribution is -2.59. The van der Waals surface area contributed by atoms with Crippen LogP contribution >= 0.6 is 0 Å². The largest absolute Gasteiger partial charge is 0.493 e. The van der Waals surface area contributed by atoms with Crippen molar-refractivity contribution in [2.75, 3.05) is 13.7 Å². The molecule has 1 aromatic carbocycles. The summed E-state index contributed by atoms with van der Waals surface area (Å²) in [6.45, 7) is 7.64. The second-order valence-electron chi connectivity index (χ2n) is 11.1. The number of carbonyl (C=O) groups is 1. The van der Waals surface area contributed by atoms with E-state index in [9.17, 15) is 4.79 Å². The van der Waals surface area contributed by atoms with Gasteiger partial charge in [0.05, 0.1) is 25.3 Å². The number of carbonyl (C=O) groups excluding carboxylic acids is 1. The number of hydrazone groups is 1. The highest BCUT2D eigenvalue weighted by Crippen LogP contribution is 2.69. The van der Waals surface area contributed by atoms with Crippen molar-refractivity contribution in [1.29, 1.82) is 0 Å². The third kappa shape index (κ3) is 4.61. The lowest BCUT2D eigenvalue weighted by atomic mass is 9.40. The molecule has 5 heteroatoms. The number of unbranched alkanes of at least 4 members (excludes halogenated alkanes) is 2. The van der Waals surface area contributed by atoms with Gasteiger partial charge in [-0.25, -0.2) is 5.43 Å². The summed E-state index contributed by atoms with van der Waals surface area (Å²) in [6.07, 6.45) is 11.9. The molecule has 1 N–H and O–H groups in total. The molecule has 0 saturated heterocycles. The predicted molar refractivity (Wildman–Crippen MR) is 124 cm³/mol. The van der Waals surface area contributed by atoms with Crippen LogP contribution in [0, 0.1) is 22.2 Å². The molecule has 170 valence electrons.